The second-order valence-corrected chi connectivity index (χ2v) is 5.89. The van der Waals surface area contributed by atoms with Crippen LogP contribution in [-0.2, 0) is 5.67 Å². The molecule has 0 spiro atoms. The predicted molar refractivity (Wildman–Crippen MR) is 84.2 cm³/mol. The number of hydrogen-bond donors (Lipinski definition) is 0. The molecule has 7 nitrogen and oxygen atoms in total. The minimum Gasteiger partial charge on any atom is -0.459 e. The van der Waals surface area contributed by atoms with Gasteiger partial charge in [0.05, 0.1) is 6.26 Å². The lowest BCUT2D eigenvalue weighted by molar-refractivity contribution is 0.0233. The highest BCUT2D eigenvalue weighted by Gasteiger charge is 2.43. The summed E-state index contributed by atoms with van der Waals surface area (Å²) in [6.45, 7) is 0.506. The highest BCUT2D eigenvalue weighted by molar-refractivity contribution is 5.91. The van der Waals surface area contributed by atoms with Gasteiger partial charge in [0, 0.05) is 43.9 Å². The number of piperidine rings is 1. The number of halogens is 1. The molecule has 0 aromatic carbocycles. The predicted octanol–water partition coefficient (Wildman–Crippen LogP) is 2.83. The number of likely N-dealkylation sites (tertiary alicyclic amines) is 1. The van der Waals surface area contributed by atoms with Crippen molar-refractivity contribution in [2.24, 2.45) is 0 Å². The first-order valence-corrected chi connectivity index (χ1v) is 7.92. The quantitative estimate of drug-likeness (QED) is 0.727. The molecule has 0 saturated carbocycles. The topological polar surface area (TPSA) is 85.3 Å². The molecule has 3 aromatic rings. The maximum Gasteiger partial charge on any atom is 0.289 e. The lowest BCUT2D eigenvalue weighted by Crippen LogP contribution is -2.43. The summed E-state index contributed by atoms with van der Waals surface area (Å²) in [6, 6.07) is 6.70. The summed E-state index contributed by atoms with van der Waals surface area (Å²) in [5.74, 6) is 0.284. The van der Waals surface area contributed by atoms with E-state index in [0.29, 0.717) is 11.4 Å². The molecule has 0 N–H and O–H groups in total. The third-order valence-corrected chi connectivity index (χ3v) is 4.32. The molecule has 1 amide bonds. The number of rotatable bonds is 3. The van der Waals surface area contributed by atoms with Crippen molar-refractivity contribution in [1.82, 2.24) is 20.0 Å². The van der Waals surface area contributed by atoms with Crippen LogP contribution in [0.4, 0.5) is 4.39 Å². The highest BCUT2D eigenvalue weighted by atomic mass is 19.1. The lowest BCUT2D eigenvalue weighted by atomic mass is 9.93. The summed E-state index contributed by atoms with van der Waals surface area (Å²) >= 11 is 0. The SMILES string of the molecule is O=C(c1ccco1)N1CCC(F)(c2nc(-c3ccncc3)no2)CC1. The van der Waals surface area contributed by atoms with Crippen molar-refractivity contribution >= 4 is 5.91 Å². The van der Waals surface area contributed by atoms with E-state index in [9.17, 15) is 4.79 Å². The van der Waals surface area contributed by atoms with Gasteiger partial charge in [-0.25, -0.2) is 4.39 Å². The fourth-order valence-corrected chi connectivity index (χ4v) is 2.86. The Morgan fingerprint density at radius 1 is 1.20 bits per heavy atom. The molecular formula is C17H15FN4O3. The van der Waals surface area contributed by atoms with E-state index in [-0.39, 0.29) is 43.5 Å². The van der Waals surface area contributed by atoms with Crippen molar-refractivity contribution in [2.75, 3.05) is 13.1 Å². The molecule has 0 atom stereocenters. The van der Waals surface area contributed by atoms with Crippen molar-refractivity contribution in [3.63, 3.8) is 0 Å². The number of pyridine rings is 1. The van der Waals surface area contributed by atoms with Gasteiger partial charge in [0.2, 0.25) is 5.82 Å². The Morgan fingerprint density at radius 2 is 1.96 bits per heavy atom. The number of aromatic nitrogens is 3. The van der Waals surface area contributed by atoms with Crippen molar-refractivity contribution in [2.45, 2.75) is 18.5 Å². The summed E-state index contributed by atoms with van der Waals surface area (Å²) in [6.07, 6.45) is 4.84. The average Bonchev–Trinajstić information content (AvgIpc) is 3.35. The maximum absolute atomic E-state index is 15.2. The van der Waals surface area contributed by atoms with Gasteiger partial charge in [0.25, 0.3) is 11.8 Å². The Morgan fingerprint density at radius 3 is 2.64 bits per heavy atom. The van der Waals surface area contributed by atoms with Crippen molar-refractivity contribution in [3.8, 4) is 11.4 Å². The molecule has 128 valence electrons. The molecular weight excluding hydrogens is 327 g/mol. The third-order valence-electron chi connectivity index (χ3n) is 4.32. The largest absolute Gasteiger partial charge is 0.459 e. The van der Waals surface area contributed by atoms with Crippen LogP contribution in [0, 0.1) is 0 Å². The Balaban J connectivity index is 1.47. The van der Waals surface area contributed by atoms with Crippen LogP contribution in [0.25, 0.3) is 11.4 Å². The number of alkyl halides is 1. The van der Waals surface area contributed by atoms with Gasteiger partial charge >= 0.3 is 0 Å². The first-order valence-electron chi connectivity index (χ1n) is 7.92. The van der Waals surface area contributed by atoms with Gasteiger partial charge < -0.3 is 13.8 Å². The first kappa shape index (κ1) is 15.5. The molecule has 3 aromatic heterocycles. The summed E-state index contributed by atoms with van der Waals surface area (Å²) in [4.78, 5) is 21.9. The van der Waals surface area contributed by atoms with Gasteiger partial charge in [-0.15, -0.1) is 0 Å². The van der Waals surface area contributed by atoms with Crippen LogP contribution in [0.1, 0.15) is 29.3 Å². The average molecular weight is 342 g/mol. The fraction of sp³-hybridized carbons (Fsp3) is 0.294. The zero-order chi connectivity index (χ0) is 17.3. The molecule has 4 rings (SSSR count). The second kappa shape index (κ2) is 6.12. The molecule has 0 aliphatic carbocycles. The van der Waals surface area contributed by atoms with Crippen molar-refractivity contribution in [3.05, 3.63) is 54.6 Å². The van der Waals surface area contributed by atoms with Crippen molar-refractivity contribution < 1.29 is 18.1 Å². The lowest BCUT2D eigenvalue weighted by Gasteiger charge is -2.33. The summed E-state index contributed by atoms with van der Waals surface area (Å²) in [7, 11) is 0. The summed E-state index contributed by atoms with van der Waals surface area (Å²) in [5.41, 5.74) is -1.03. The number of hydrogen-bond acceptors (Lipinski definition) is 6. The van der Waals surface area contributed by atoms with E-state index in [1.807, 2.05) is 0 Å². The van der Waals surface area contributed by atoms with Crippen LogP contribution < -0.4 is 0 Å². The van der Waals surface area contributed by atoms with E-state index in [2.05, 4.69) is 15.1 Å². The molecule has 8 heteroatoms. The van der Waals surface area contributed by atoms with Crippen LogP contribution >= 0.6 is 0 Å². The van der Waals surface area contributed by atoms with Gasteiger partial charge in [-0.2, -0.15) is 4.98 Å². The van der Waals surface area contributed by atoms with E-state index in [0.717, 1.165) is 0 Å². The minimum absolute atomic E-state index is 0.0515. The van der Waals surface area contributed by atoms with Crippen LogP contribution in [0.5, 0.6) is 0 Å². The van der Waals surface area contributed by atoms with Gasteiger partial charge in [0.15, 0.2) is 11.4 Å². The highest BCUT2D eigenvalue weighted by Crippen LogP contribution is 2.37. The third kappa shape index (κ3) is 2.90. The fourth-order valence-electron chi connectivity index (χ4n) is 2.86. The number of carbonyl (C=O) groups is 1. The molecule has 1 saturated heterocycles. The van der Waals surface area contributed by atoms with Crippen LogP contribution in [0.2, 0.25) is 0 Å². The summed E-state index contributed by atoms with van der Waals surface area (Å²) < 4.78 is 25.5. The van der Waals surface area contributed by atoms with Crippen LogP contribution in [0.3, 0.4) is 0 Å². The number of nitrogens with zero attached hydrogens (tertiary/aromatic N) is 4. The van der Waals surface area contributed by atoms with Gasteiger partial charge in [-0.05, 0) is 24.3 Å². The molecule has 1 fully saturated rings. The molecule has 0 bridgehead atoms. The Kier molecular flexibility index (Phi) is 3.79. The summed E-state index contributed by atoms with van der Waals surface area (Å²) in [5, 5.41) is 3.85. The van der Waals surface area contributed by atoms with Crippen LogP contribution in [0.15, 0.2) is 51.9 Å². The second-order valence-electron chi connectivity index (χ2n) is 5.89. The zero-order valence-electron chi connectivity index (χ0n) is 13.3. The van der Waals surface area contributed by atoms with Crippen molar-refractivity contribution in [1.29, 1.82) is 0 Å². The van der Waals surface area contributed by atoms with E-state index < -0.39 is 5.67 Å². The zero-order valence-corrected chi connectivity index (χ0v) is 13.3. The van der Waals surface area contributed by atoms with E-state index in [4.69, 9.17) is 8.94 Å². The van der Waals surface area contributed by atoms with Gasteiger partial charge in [-0.3, -0.25) is 9.78 Å². The van der Waals surface area contributed by atoms with Crippen LogP contribution in [-0.4, -0.2) is 39.0 Å². The number of amides is 1. The Bertz CT molecular complexity index is 855. The number of furan rings is 1. The minimum atomic E-state index is -1.74. The molecule has 1 aliphatic heterocycles. The molecule has 25 heavy (non-hydrogen) atoms. The van der Waals surface area contributed by atoms with Gasteiger partial charge in [0.1, 0.15) is 0 Å². The molecule has 4 heterocycles. The van der Waals surface area contributed by atoms with Gasteiger partial charge in [-0.1, -0.05) is 5.16 Å². The maximum atomic E-state index is 15.2. The molecule has 1 aliphatic rings. The van der Waals surface area contributed by atoms with E-state index in [1.54, 1.807) is 41.6 Å². The number of carbonyl (C=O) groups excluding carboxylic acids is 1. The Labute approximate surface area is 142 Å². The molecule has 0 unspecified atom stereocenters. The monoisotopic (exact) mass is 342 g/mol. The smallest absolute Gasteiger partial charge is 0.289 e. The standard InChI is InChI=1S/C17H15FN4O3/c18-17(16-20-14(21-25-16)12-3-7-19-8-4-12)5-9-22(10-6-17)15(23)13-2-1-11-24-13/h1-4,7-8,11H,5-6,9-10H2. The molecule has 0 radical (unpaired) electrons. The normalized spacial score (nSPS) is 16.8. The first-order chi connectivity index (χ1) is 12.2. The van der Waals surface area contributed by atoms with E-state index >= 15 is 4.39 Å². The van der Waals surface area contributed by atoms with E-state index in [1.165, 1.54) is 6.26 Å². The Hall–Kier alpha value is -3.03.